The number of hydrogen-bond acceptors (Lipinski definition) is 3. The van der Waals surface area contributed by atoms with Gasteiger partial charge in [0.05, 0.1) is 11.7 Å². The lowest BCUT2D eigenvalue weighted by atomic mass is 10.1. The molecule has 0 spiro atoms. The van der Waals surface area contributed by atoms with Crippen LogP contribution in [0, 0.1) is 0 Å². The zero-order valence-corrected chi connectivity index (χ0v) is 9.75. The van der Waals surface area contributed by atoms with Gasteiger partial charge in [-0.25, -0.2) is 0 Å². The highest BCUT2D eigenvalue weighted by Gasteiger charge is 2.30. The third kappa shape index (κ3) is 4.34. The quantitative estimate of drug-likeness (QED) is 0.690. The molecule has 0 amide bonds. The molecule has 1 N–H and O–H groups in total. The van der Waals surface area contributed by atoms with E-state index in [2.05, 4.69) is 25.4 Å². The molecule has 0 saturated carbocycles. The van der Waals surface area contributed by atoms with Crippen LogP contribution >= 0.6 is 11.8 Å². The van der Waals surface area contributed by atoms with E-state index >= 15 is 0 Å². The van der Waals surface area contributed by atoms with Crippen molar-refractivity contribution in [1.29, 1.82) is 0 Å². The van der Waals surface area contributed by atoms with Crippen molar-refractivity contribution in [2.45, 2.75) is 38.4 Å². The zero-order chi connectivity index (χ0) is 9.73. The molecule has 3 heteroatoms. The fourth-order valence-electron chi connectivity index (χ4n) is 1.66. The Bertz CT molecular complexity index is 150. The molecule has 1 fully saturated rings. The summed E-state index contributed by atoms with van der Waals surface area (Å²) in [5, 5.41) is 3.42. The van der Waals surface area contributed by atoms with E-state index in [9.17, 15) is 0 Å². The second-order valence-corrected chi connectivity index (χ2v) is 5.22. The van der Waals surface area contributed by atoms with Gasteiger partial charge in [-0.3, -0.25) is 0 Å². The second-order valence-electron chi connectivity index (χ2n) is 4.24. The monoisotopic (exact) mass is 203 g/mol. The lowest BCUT2D eigenvalue weighted by Gasteiger charge is -2.19. The molecule has 0 aromatic rings. The van der Waals surface area contributed by atoms with Crippen molar-refractivity contribution >= 4 is 11.8 Å². The average Bonchev–Trinajstić information content (AvgIpc) is 2.40. The summed E-state index contributed by atoms with van der Waals surface area (Å²) in [7, 11) is 0. The minimum Gasteiger partial charge on any atom is -0.371 e. The lowest BCUT2D eigenvalue weighted by molar-refractivity contribution is -0.0139. The van der Waals surface area contributed by atoms with Crippen LogP contribution in [0.2, 0.25) is 0 Å². The van der Waals surface area contributed by atoms with Crippen molar-refractivity contribution in [3.05, 3.63) is 0 Å². The summed E-state index contributed by atoms with van der Waals surface area (Å²) in [5.74, 6) is 1.19. The summed E-state index contributed by atoms with van der Waals surface area (Å²) in [5.41, 5.74) is 0.117. The van der Waals surface area contributed by atoms with Crippen molar-refractivity contribution in [3.63, 3.8) is 0 Å². The minimum atomic E-state index is 0.117. The van der Waals surface area contributed by atoms with E-state index in [1.54, 1.807) is 0 Å². The van der Waals surface area contributed by atoms with Crippen LogP contribution in [0.5, 0.6) is 0 Å². The van der Waals surface area contributed by atoms with Gasteiger partial charge in [-0.05, 0) is 32.9 Å². The SMILES string of the molecule is CSCCNCC1CCC(C)(C)O1. The van der Waals surface area contributed by atoms with E-state index in [4.69, 9.17) is 4.74 Å². The first-order valence-corrected chi connectivity index (χ1v) is 6.41. The minimum absolute atomic E-state index is 0.117. The molecule has 1 rings (SSSR count). The number of rotatable bonds is 5. The van der Waals surface area contributed by atoms with Crippen molar-refractivity contribution in [2.75, 3.05) is 25.1 Å². The Kier molecular flexibility index (Phi) is 4.56. The van der Waals surface area contributed by atoms with Crippen molar-refractivity contribution in [1.82, 2.24) is 5.32 Å². The molecule has 1 saturated heterocycles. The summed E-state index contributed by atoms with van der Waals surface area (Å²) < 4.78 is 5.86. The highest BCUT2D eigenvalue weighted by Crippen LogP contribution is 2.28. The molecule has 1 aliphatic heterocycles. The van der Waals surface area contributed by atoms with Crippen molar-refractivity contribution in [2.24, 2.45) is 0 Å². The maximum atomic E-state index is 5.86. The van der Waals surface area contributed by atoms with Crippen LogP contribution in [0.25, 0.3) is 0 Å². The fraction of sp³-hybridized carbons (Fsp3) is 1.00. The molecule has 78 valence electrons. The van der Waals surface area contributed by atoms with Crippen LogP contribution in [0.1, 0.15) is 26.7 Å². The van der Waals surface area contributed by atoms with Gasteiger partial charge < -0.3 is 10.1 Å². The molecule has 0 radical (unpaired) electrons. The maximum absolute atomic E-state index is 5.86. The van der Waals surface area contributed by atoms with E-state index in [1.165, 1.54) is 18.6 Å². The van der Waals surface area contributed by atoms with Crippen LogP contribution in [0.15, 0.2) is 0 Å². The Morgan fingerprint density at radius 2 is 2.31 bits per heavy atom. The van der Waals surface area contributed by atoms with Gasteiger partial charge in [-0.1, -0.05) is 0 Å². The number of nitrogens with one attached hydrogen (secondary N) is 1. The third-order valence-corrected chi connectivity index (χ3v) is 3.02. The van der Waals surface area contributed by atoms with E-state index in [-0.39, 0.29) is 5.60 Å². The zero-order valence-electron chi connectivity index (χ0n) is 8.93. The predicted molar refractivity (Wildman–Crippen MR) is 59.4 cm³/mol. The molecule has 2 nitrogen and oxygen atoms in total. The Morgan fingerprint density at radius 3 is 2.85 bits per heavy atom. The van der Waals surface area contributed by atoms with Gasteiger partial charge in [-0.15, -0.1) is 0 Å². The maximum Gasteiger partial charge on any atom is 0.0707 e. The highest BCUT2D eigenvalue weighted by atomic mass is 32.2. The van der Waals surface area contributed by atoms with Gasteiger partial charge in [0.1, 0.15) is 0 Å². The topological polar surface area (TPSA) is 21.3 Å². The van der Waals surface area contributed by atoms with Crippen molar-refractivity contribution in [3.8, 4) is 0 Å². The largest absolute Gasteiger partial charge is 0.371 e. The van der Waals surface area contributed by atoms with Crippen LogP contribution in [0.3, 0.4) is 0 Å². The number of ether oxygens (including phenoxy) is 1. The second kappa shape index (κ2) is 5.23. The normalized spacial score (nSPS) is 26.5. The molecule has 0 aromatic carbocycles. The first kappa shape index (κ1) is 11.3. The standard InChI is InChI=1S/C10H21NOS/c1-10(2)5-4-9(12-10)8-11-6-7-13-3/h9,11H,4-8H2,1-3H3. The third-order valence-electron chi connectivity index (χ3n) is 2.41. The number of thioether (sulfide) groups is 1. The van der Waals surface area contributed by atoms with E-state index < -0.39 is 0 Å². The summed E-state index contributed by atoms with van der Waals surface area (Å²) >= 11 is 1.88. The van der Waals surface area contributed by atoms with Gasteiger partial charge in [0, 0.05) is 18.8 Å². The molecule has 1 heterocycles. The lowest BCUT2D eigenvalue weighted by Crippen LogP contribution is -2.30. The first-order chi connectivity index (χ1) is 6.14. The fourth-order valence-corrected chi connectivity index (χ4v) is 2.01. The summed E-state index contributed by atoms with van der Waals surface area (Å²) in [6.45, 7) is 6.47. The molecule has 1 aliphatic rings. The van der Waals surface area contributed by atoms with Crippen LogP contribution in [-0.4, -0.2) is 36.8 Å². The van der Waals surface area contributed by atoms with Gasteiger partial charge in [0.15, 0.2) is 0 Å². The molecule has 0 aliphatic carbocycles. The smallest absolute Gasteiger partial charge is 0.0707 e. The summed E-state index contributed by atoms with van der Waals surface area (Å²) in [6, 6.07) is 0. The molecule has 1 atom stereocenters. The summed E-state index contributed by atoms with van der Waals surface area (Å²) in [6.07, 6.45) is 4.98. The number of hydrogen-bond donors (Lipinski definition) is 1. The first-order valence-electron chi connectivity index (χ1n) is 5.01. The Labute approximate surface area is 85.8 Å². The molecule has 0 bridgehead atoms. The molecular formula is C10H21NOS. The van der Waals surface area contributed by atoms with Crippen LogP contribution < -0.4 is 5.32 Å². The highest BCUT2D eigenvalue weighted by molar-refractivity contribution is 7.98. The van der Waals surface area contributed by atoms with Gasteiger partial charge in [-0.2, -0.15) is 11.8 Å². The Morgan fingerprint density at radius 1 is 1.54 bits per heavy atom. The van der Waals surface area contributed by atoms with E-state index in [0.29, 0.717) is 6.10 Å². The Hall–Kier alpha value is 0.270. The molecule has 1 unspecified atom stereocenters. The van der Waals surface area contributed by atoms with Crippen LogP contribution in [-0.2, 0) is 4.74 Å². The van der Waals surface area contributed by atoms with Gasteiger partial charge >= 0.3 is 0 Å². The van der Waals surface area contributed by atoms with Crippen molar-refractivity contribution < 1.29 is 4.74 Å². The molecule has 0 aromatic heterocycles. The van der Waals surface area contributed by atoms with Crippen LogP contribution in [0.4, 0.5) is 0 Å². The average molecular weight is 203 g/mol. The molecular weight excluding hydrogens is 182 g/mol. The van der Waals surface area contributed by atoms with Gasteiger partial charge in [0.25, 0.3) is 0 Å². The summed E-state index contributed by atoms with van der Waals surface area (Å²) in [4.78, 5) is 0. The predicted octanol–water partition coefficient (Wildman–Crippen LogP) is 1.90. The van der Waals surface area contributed by atoms with E-state index in [0.717, 1.165) is 13.1 Å². The molecule has 13 heavy (non-hydrogen) atoms. The van der Waals surface area contributed by atoms with Gasteiger partial charge in [0.2, 0.25) is 0 Å². The van der Waals surface area contributed by atoms with E-state index in [1.807, 2.05) is 11.8 Å². The Balaban J connectivity index is 2.04.